The van der Waals surface area contributed by atoms with Crippen LogP contribution in [0.2, 0.25) is 0 Å². The molecule has 3 heterocycles. The average Bonchev–Trinajstić information content (AvgIpc) is 2.94. The minimum atomic E-state index is -0.628. The van der Waals surface area contributed by atoms with E-state index >= 15 is 0 Å². The summed E-state index contributed by atoms with van der Waals surface area (Å²) in [5, 5.41) is 3.03. The molecule has 222 valence electrons. The van der Waals surface area contributed by atoms with Crippen molar-refractivity contribution in [1.29, 1.82) is 0 Å². The third-order valence-corrected chi connectivity index (χ3v) is 7.68. The van der Waals surface area contributed by atoms with Crippen molar-refractivity contribution < 1.29 is 28.7 Å². The number of carbonyl (C=O) groups is 3. The highest BCUT2D eigenvalue weighted by Crippen LogP contribution is 2.18. The maximum atomic E-state index is 13.7. The van der Waals surface area contributed by atoms with Crippen molar-refractivity contribution in [3.05, 3.63) is 12.2 Å². The Hall–Kier alpha value is -2.01. The van der Waals surface area contributed by atoms with E-state index in [-0.39, 0.29) is 30.1 Å². The van der Waals surface area contributed by atoms with E-state index in [1.807, 2.05) is 18.7 Å². The van der Waals surface area contributed by atoms with Crippen molar-refractivity contribution in [1.82, 2.24) is 20.6 Å². The zero-order valence-corrected chi connectivity index (χ0v) is 24.0. The molecule has 0 spiro atoms. The van der Waals surface area contributed by atoms with Crippen LogP contribution < -0.4 is 10.8 Å². The molecule has 10 nitrogen and oxygen atoms in total. The van der Waals surface area contributed by atoms with Crippen molar-refractivity contribution in [3.63, 3.8) is 0 Å². The molecule has 0 aliphatic carbocycles. The fraction of sp³-hybridized carbons (Fsp3) is 0.828. The maximum absolute atomic E-state index is 13.7. The lowest BCUT2D eigenvalue weighted by atomic mass is 9.94. The number of ether oxygens (including phenoxy) is 2. The number of amides is 3. The van der Waals surface area contributed by atoms with E-state index in [0.29, 0.717) is 26.1 Å². The van der Waals surface area contributed by atoms with Gasteiger partial charge in [-0.15, -0.1) is 0 Å². The van der Waals surface area contributed by atoms with E-state index in [1.165, 1.54) is 0 Å². The Morgan fingerprint density at radius 1 is 1.03 bits per heavy atom. The van der Waals surface area contributed by atoms with Gasteiger partial charge in [-0.05, 0) is 57.3 Å². The summed E-state index contributed by atoms with van der Waals surface area (Å²) in [5.74, 6) is -1.25. The second kappa shape index (κ2) is 17.6. The summed E-state index contributed by atoms with van der Waals surface area (Å²) in [6, 6.07) is -0.628. The van der Waals surface area contributed by atoms with Gasteiger partial charge in [-0.2, -0.15) is 0 Å². The molecule has 3 unspecified atom stereocenters. The summed E-state index contributed by atoms with van der Waals surface area (Å²) in [6.07, 6.45) is 11.5. The summed E-state index contributed by atoms with van der Waals surface area (Å²) in [5.41, 5.74) is 2.48. The average molecular weight is 551 g/mol. The van der Waals surface area contributed by atoms with Crippen molar-refractivity contribution in [2.75, 3.05) is 52.5 Å². The van der Waals surface area contributed by atoms with Gasteiger partial charge in [-0.25, -0.2) is 10.3 Å². The molecule has 3 amide bonds. The summed E-state index contributed by atoms with van der Waals surface area (Å²) >= 11 is 0. The number of hydrogen-bond acceptors (Lipinski definition) is 7. The lowest BCUT2D eigenvalue weighted by Gasteiger charge is -2.32. The number of carbonyl (C=O) groups excluding carboxylic acids is 3. The van der Waals surface area contributed by atoms with Crippen LogP contribution in [0.15, 0.2) is 12.2 Å². The second-order valence-corrected chi connectivity index (χ2v) is 11.2. The fourth-order valence-corrected chi connectivity index (χ4v) is 5.27. The number of nitrogens with zero attached hydrogens (tertiary/aromatic N) is 2. The molecule has 2 fully saturated rings. The molecule has 0 bridgehead atoms. The number of morpholine rings is 1. The first-order valence-electron chi connectivity index (χ1n) is 15.0. The molecule has 0 aromatic carbocycles. The Labute approximate surface area is 234 Å². The molecule has 10 heteroatoms. The van der Waals surface area contributed by atoms with Gasteiger partial charge in [-0.1, -0.05) is 26.0 Å². The van der Waals surface area contributed by atoms with Crippen LogP contribution >= 0.6 is 0 Å². The number of hydroxylamine groups is 1. The van der Waals surface area contributed by atoms with Gasteiger partial charge in [0.2, 0.25) is 17.7 Å². The van der Waals surface area contributed by atoms with Gasteiger partial charge in [0, 0.05) is 58.1 Å². The van der Waals surface area contributed by atoms with Gasteiger partial charge in [0.1, 0.15) is 6.04 Å². The number of allylic oxidation sites excluding steroid dienone is 2. The molecule has 2 N–H and O–H groups in total. The fourth-order valence-electron chi connectivity index (χ4n) is 5.27. The first kappa shape index (κ1) is 31.5. The third-order valence-electron chi connectivity index (χ3n) is 7.68. The smallest absolute Gasteiger partial charge is 0.245 e. The van der Waals surface area contributed by atoms with E-state index in [0.717, 1.165) is 84.2 Å². The van der Waals surface area contributed by atoms with Crippen molar-refractivity contribution >= 4 is 17.7 Å². The molecule has 0 aromatic heterocycles. The monoisotopic (exact) mass is 550 g/mol. The Bertz CT molecular complexity index is 780. The van der Waals surface area contributed by atoms with Crippen LogP contribution in [-0.4, -0.2) is 92.4 Å². The number of hydrogen-bond donors (Lipinski definition) is 2. The Balaban J connectivity index is 1.62. The van der Waals surface area contributed by atoms with Crippen LogP contribution in [0, 0.1) is 11.8 Å². The first-order valence-corrected chi connectivity index (χ1v) is 15.0. The normalized spacial score (nSPS) is 26.7. The van der Waals surface area contributed by atoms with Crippen LogP contribution in [-0.2, 0) is 28.7 Å². The van der Waals surface area contributed by atoms with Gasteiger partial charge in [0.25, 0.3) is 0 Å². The first-order chi connectivity index (χ1) is 18.9. The molecule has 39 heavy (non-hydrogen) atoms. The van der Waals surface area contributed by atoms with E-state index < -0.39 is 18.2 Å². The Morgan fingerprint density at radius 2 is 1.79 bits per heavy atom. The molecule has 2 saturated heterocycles. The quantitative estimate of drug-likeness (QED) is 0.336. The molecule has 3 aliphatic heterocycles. The summed E-state index contributed by atoms with van der Waals surface area (Å²) in [6.45, 7) is 10.2. The summed E-state index contributed by atoms with van der Waals surface area (Å²) < 4.78 is 10.9. The largest absolute Gasteiger partial charge is 0.379 e. The molecule has 0 saturated carbocycles. The van der Waals surface area contributed by atoms with Crippen molar-refractivity contribution in [2.45, 2.75) is 90.4 Å². The predicted molar refractivity (Wildman–Crippen MR) is 148 cm³/mol. The standard InChI is InChI=1S/C29H50N4O6/c1-23(2)27-29(36)33(16-11-14-32-17-20-37-21-18-32)15-9-6-4-3-5-7-12-24(28(35)30-27)22-25(34)31-39-26-13-8-10-19-38-26/h3-4,23-24,26-27H,5-22H2,1-2H3,(H,30,35)(H,31,34). The maximum Gasteiger partial charge on any atom is 0.245 e. The van der Waals surface area contributed by atoms with Gasteiger partial charge in [0.05, 0.1) is 13.2 Å². The third kappa shape index (κ3) is 11.6. The van der Waals surface area contributed by atoms with Gasteiger partial charge in [-0.3, -0.25) is 19.3 Å². The zero-order chi connectivity index (χ0) is 27.9. The van der Waals surface area contributed by atoms with E-state index in [4.69, 9.17) is 14.3 Å². The van der Waals surface area contributed by atoms with Crippen LogP contribution in [0.5, 0.6) is 0 Å². The number of rotatable bonds is 9. The summed E-state index contributed by atoms with van der Waals surface area (Å²) in [7, 11) is 0. The van der Waals surface area contributed by atoms with E-state index in [1.54, 1.807) is 0 Å². The van der Waals surface area contributed by atoms with E-state index in [2.05, 4.69) is 27.8 Å². The molecule has 0 radical (unpaired) electrons. The SMILES string of the molecule is CC(C)C1NC(=O)C(CC(=O)NOC2CCCCO2)CCCC=CCCCN(CCCN2CCOCC2)C1=O. The van der Waals surface area contributed by atoms with Crippen molar-refractivity contribution in [3.8, 4) is 0 Å². The van der Waals surface area contributed by atoms with Crippen LogP contribution in [0.4, 0.5) is 0 Å². The number of nitrogens with one attached hydrogen (secondary N) is 2. The highest BCUT2D eigenvalue weighted by molar-refractivity contribution is 5.90. The molecule has 3 atom stereocenters. The van der Waals surface area contributed by atoms with Gasteiger partial charge < -0.3 is 19.7 Å². The van der Waals surface area contributed by atoms with Crippen molar-refractivity contribution in [2.24, 2.45) is 11.8 Å². The predicted octanol–water partition coefficient (Wildman–Crippen LogP) is 2.78. The molecule has 3 rings (SSSR count). The van der Waals surface area contributed by atoms with Gasteiger partial charge >= 0.3 is 0 Å². The lowest BCUT2D eigenvalue weighted by Crippen LogP contribution is -2.53. The minimum Gasteiger partial charge on any atom is -0.379 e. The highest BCUT2D eigenvalue weighted by Gasteiger charge is 2.32. The van der Waals surface area contributed by atoms with Crippen LogP contribution in [0.25, 0.3) is 0 Å². The highest BCUT2D eigenvalue weighted by atomic mass is 16.8. The second-order valence-electron chi connectivity index (χ2n) is 11.2. The molecule has 0 aromatic rings. The molecule has 3 aliphatic rings. The van der Waals surface area contributed by atoms with Crippen LogP contribution in [0.1, 0.15) is 78.1 Å². The Kier molecular flexibility index (Phi) is 14.2. The van der Waals surface area contributed by atoms with Gasteiger partial charge in [0.15, 0.2) is 6.29 Å². The minimum absolute atomic E-state index is 0.00450. The zero-order valence-electron chi connectivity index (χ0n) is 24.0. The van der Waals surface area contributed by atoms with E-state index in [9.17, 15) is 14.4 Å². The topological polar surface area (TPSA) is 109 Å². The summed E-state index contributed by atoms with van der Waals surface area (Å²) in [4.78, 5) is 49.6. The molecular weight excluding hydrogens is 500 g/mol. The molecular formula is C29H50N4O6. The van der Waals surface area contributed by atoms with Crippen LogP contribution in [0.3, 0.4) is 0 Å². The Morgan fingerprint density at radius 3 is 2.51 bits per heavy atom. The lowest BCUT2D eigenvalue weighted by molar-refractivity contribution is -0.200.